The average Bonchev–Trinajstić information content (AvgIpc) is 2.83. The lowest BCUT2D eigenvalue weighted by molar-refractivity contribution is -0.117. The van der Waals surface area contributed by atoms with E-state index in [2.05, 4.69) is 15.3 Å². The Bertz CT molecular complexity index is 1050. The molecule has 2 heterocycles. The van der Waals surface area contributed by atoms with Crippen molar-refractivity contribution >= 4 is 34.8 Å². The summed E-state index contributed by atoms with van der Waals surface area (Å²) in [5.41, 5.74) is 3.91. The first kappa shape index (κ1) is 19.2. The molecule has 29 heavy (non-hydrogen) atoms. The number of aryl methyl sites for hydroxylation is 1. The van der Waals surface area contributed by atoms with Gasteiger partial charge in [0.2, 0.25) is 5.91 Å². The van der Waals surface area contributed by atoms with Crippen LogP contribution in [0.2, 0.25) is 5.02 Å². The Hall–Kier alpha value is -3.12. The maximum atomic E-state index is 13.0. The average molecular weight is 408 g/mol. The smallest absolute Gasteiger partial charge is 0.246 e. The third-order valence-corrected chi connectivity index (χ3v) is 5.26. The Morgan fingerprint density at radius 1 is 1.10 bits per heavy atom. The van der Waals surface area contributed by atoms with Gasteiger partial charge in [-0.3, -0.25) is 4.79 Å². The molecule has 0 unspecified atom stereocenters. The Morgan fingerprint density at radius 3 is 2.72 bits per heavy atom. The van der Waals surface area contributed by atoms with Gasteiger partial charge in [0, 0.05) is 24.3 Å². The largest absolute Gasteiger partial charge is 0.366 e. The summed E-state index contributed by atoms with van der Waals surface area (Å²) in [7, 11) is 1.88. The van der Waals surface area contributed by atoms with Crippen LogP contribution in [-0.2, 0) is 17.9 Å². The summed E-state index contributed by atoms with van der Waals surface area (Å²) in [6.45, 7) is 3.25. The van der Waals surface area contributed by atoms with E-state index in [1.54, 1.807) is 0 Å². The molecule has 3 aromatic rings. The van der Waals surface area contributed by atoms with Crippen molar-refractivity contribution in [1.29, 1.82) is 0 Å². The van der Waals surface area contributed by atoms with Gasteiger partial charge in [0.15, 0.2) is 0 Å². The minimum Gasteiger partial charge on any atom is -0.366 e. The molecule has 0 bridgehead atoms. The number of anilines is 3. The molecule has 1 N–H and O–H groups in total. The van der Waals surface area contributed by atoms with E-state index >= 15 is 0 Å². The predicted molar refractivity (Wildman–Crippen MR) is 116 cm³/mol. The number of nitrogens with zero attached hydrogens (tertiary/aromatic N) is 4. The number of halogens is 1. The van der Waals surface area contributed by atoms with Gasteiger partial charge in [-0.15, -0.1) is 0 Å². The molecule has 0 radical (unpaired) electrons. The first-order chi connectivity index (χ1) is 14.0. The molecule has 1 aromatic heterocycles. The fourth-order valence-electron chi connectivity index (χ4n) is 3.56. The van der Waals surface area contributed by atoms with Crippen LogP contribution in [-0.4, -0.2) is 29.5 Å². The van der Waals surface area contributed by atoms with Gasteiger partial charge in [-0.1, -0.05) is 41.9 Å². The number of aromatic nitrogens is 2. The molecular formula is C22H22ClN5O. The number of hydrogen-bond acceptors (Lipinski definition) is 5. The molecule has 1 aliphatic rings. The third-order valence-electron chi connectivity index (χ3n) is 5.03. The van der Waals surface area contributed by atoms with Crippen LogP contribution >= 0.6 is 11.6 Å². The van der Waals surface area contributed by atoms with Gasteiger partial charge in [0.1, 0.15) is 18.0 Å². The van der Waals surface area contributed by atoms with E-state index in [1.807, 2.05) is 72.3 Å². The lowest BCUT2D eigenvalue weighted by Gasteiger charge is -2.23. The van der Waals surface area contributed by atoms with E-state index in [-0.39, 0.29) is 12.5 Å². The van der Waals surface area contributed by atoms with Crippen LogP contribution in [0.5, 0.6) is 0 Å². The van der Waals surface area contributed by atoms with Crippen molar-refractivity contribution in [2.75, 3.05) is 28.7 Å². The highest BCUT2D eigenvalue weighted by molar-refractivity contribution is 6.30. The van der Waals surface area contributed by atoms with Crippen LogP contribution in [0.4, 0.5) is 17.3 Å². The van der Waals surface area contributed by atoms with Crippen molar-refractivity contribution in [2.45, 2.75) is 20.0 Å². The van der Waals surface area contributed by atoms with Gasteiger partial charge >= 0.3 is 0 Å². The molecule has 1 aliphatic heterocycles. The summed E-state index contributed by atoms with van der Waals surface area (Å²) in [5, 5.41) is 4.09. The zero-order valence-corrected chi connectivity index (χ0v) is 17.1. The van der Waals surface area contributed by atoms with E-state index < -0.39 is 0 Å². The van der Waals surface area contributed by atoms with Crippen LogP contribution in [0, 0.1) is 6.92 Å². The minimum absolute atomic E-state index is 0.0283. The third kappa shape index (κ3) is 4.03. The predicted octanol–water partition coefficient (Wildman–Crippen LogP) is 4.03. The molecule has 0 saturated carbocycles. The van der Waals surface area contributed by atoms with Crippen molar-refractivity contribution in [2.24, 2.45) is 0 Å². The number of nitrogens with one attached hydrogen (secondary N) is 1. The topological polar surface area (TPSA) is 61.4 Å². The molecule has 0 aliphatic carbocycles. The Balaban J connectivity index is 1.68. The number of carbonyl (C=O) groups excluding carboxylic acids is 1. The Kier molecular flexibility index (Phi) is 5.36. The number of hydrogen-bond donors (Lipinski definition) is 1. The van der Waals surface area contributed by atoms with E-state index in [0.29, 0.717) is 18.1 Å². The molecular weight excluding hydrogens is 386 g/mol. The molecule has 0 spiro atoms. The van der Waals surface area contributed by atoms with Crippen molar-refractivity contribution in [3.05, 3.63) is 76.6 Å². The zero-order chi connectivity index (χ0) is 20.4. The summed E-state index contributed by atoms with van der Waals surface area (Å²) in [6, 6.07) is 15.6. The standard InChI is InChI=1S/C22H22ClN5O/c1-15-6-3-4-9-19(15)28-12-18-21(24-11-16-7-5-8-17(23)10-16)25-14-26-22(18)27(2)13-20(28)29/h3-10,14H,11-13H2,1-2H3,(H,24,25,26). The summed E-state index contributed by atoms with van der Waals surface area (Å²) in [4.78, 5) is 25.6. The summed E-state index contributed by atoms with van der Waals surface area (Å²) in [5.74, 6) is 1.51. The first-order valence-electron chi connectivity index (χ1n) is 9.42. The van der Waals surface area contributed by atoms with E-state index in [1.165, 1.54) is 6.33 Å². The molecule has 4 rings (SSSR count). The number of fused-ring (bicyclic) bond motifs is 1. The summed E-state index contributed by atoms with van der Waals surface area (Å²) >= 11 is 6.10. The van der Waals surface area contributed by atoms with Gasteiger partial charge in [-0.25, -0.2) is 9.97 Å². The van der Waals surface area contributed by atoms with Crippen LogP contribution in [0.1, 0.15) is 16.7 Å². The highest BCUT2D eigenvalue weighted by Gasteiger charge is 2.28. The molecule has 1 amide bonds. The Morgan fingerprint density at radius 2 is 1.93 bits per heavy atom. The molecule has 148 valence electrons. The van der Waals surface area contributed by atoms with Crippen molar-refractivity contribution in [3.63, 3.8) is 0 Å². The van der Waals surface area contributed by atoms with Crippen molar-refractivity contribution in [3.8, 4) is 0 Å². The van der Waals surface area contributed by atoms with E-state index in [4.69, 9.17) is 11.6 Å². The summed E-state index contributed by atoms with van der Waals surface area (Å²) in [6.07, 6.45) is 1.53. The fraction of sp³-hybridized carbons (Fsp3) is 0.227. The van der Waals surface area contributed by atoms with E-state index in [0.717, 1.165) is 34.0 Å². The number of para-hydroxylation sites is 1. The van der Waals surface area contributed by atoms with Gasteiger partial charge in [0.25, 0.3) is 0 Å². The van der Waals surface area contributed by atoms with Gasteiger partial charge in [-0.05, 0) is 36.2 Å². The van der Waals surface area contributed by atoms with Crippen LogP contribution in [0.15, 0.2) is 54.9 Å². The monoisotopic (exact) mass is 407 g/mol. The van der Waals surface area contributed by atoms with Gasteiger partial charge in [-0.2, -0.15) is 0 Å². The van der Waals surface area contributed by atoms with Crippen LogP contribution < -0.4 is 15.1 Å². The SMILES string of the molecule is Cc1ccccc1N1Cc2c(NCc3cccc(Cl)c3)ncnc2N(C)CC1=O. The highest BCUT2D eigenvalue weighted by Crippen LogP contribution is 2.31. The number of benzene rings is 2. The lowest BCUT2D eigenvalue weighted by Crippen LogP contribution is -2.36. The number of amides is 1. The number of likely N-dealkylation sites (N-methyl/N-ethyl adjacent to an activating group) is 1. The lowest BCUT2D eigenvalue weighted by atomic mass is 10.1. The van der Waals surface area contributed by atoms with Crippen LogP contribution in [0.25, 0.3) is 0 Å². The van der Waals surface area contributed by atoms with Gasteiger partial charge < -0.3 is 15.1 Å². The maximum Gasteiger partial charge on any atom is 0.246 e. The molecule has 0 saturated heterocycles. The molecule has 6 nitrogen and oxygen atoms in total. The second-order valence-electron chi connectivity index (χ2n) is 7.13. The fourth-order valence-corrected chi connectivity index (χ4v) is 3.77. The quantitative estimate of drug-likeness (QED) is 0.707. The van der Waals surface area contributed by atoms with E-state index in [9.17, 15) is 4.79 Å². The van der Waals surface area contributed by atoms with Crippen molar-refractivity contribution in [1.82, 2.24) is 9.97 Å². The first-order valence-corrected chi connectivity index (χ1v) is 9.80. The van der Waals surface area contributed by atoms with Gasteiger partial charge in [0.05, 0.1) is 18.7 Å². The molecule has 2 aromatic carbocycles. The number of carbonyl (C=O) groups is 1. The maximum absolute atomic E-state index is 13.0. The second-order valence-corrected chi connectivity index (χ2v) is 7.57. The molecule has 0 atom stereocenters. The minimum atomic E-state index is 0.0283. The Labute approximate surface area is 175 Å². The normalized spacial score (nSPS) is 13.8. The summed E-state index contributed by atoms with van der Waals surface area (Å²) < 4.78 is 0. The molecule has 7 heteroatoms. The second kappa shape index (κ2) is 8.09. The highest BCUT2D eigenvalue weighted by atomic mass is 35.5. The van der Waals surface area contributed by atoms with Crippen LogP contribution in [0.3, 0.4) is 0 Å². The zero-order valence-electron chi connectivity index (χ0n) is 16.4. The molecule has 0 fully saturated rings. The van der Waals surface area contributed by atoms with Crippen molar-refractivity contribution < 1.29 is 4.79 Å². The number of rotatable bonds is 4.